The van der Waals surface area contributed by atoms with Gasteiger partial charge < -0.3 is 10.2 Å². The number of halogens is 4. The Morgan fingerprint density at radius 3 is 2.75 bits per heavy atom. The van der Waals surface area contributed by atoms with Crippen LogP contribution in [0.25, 0.3) is 0 Å². The molecule has 1 aliphatic rings. The van der Waals surface area contributed by atoms with Crippen LogP contribution in [0, 0.1) is 5.92 Å². The van der Waals surface area contributed by atoms with Gasteiger partial charge in [-0.1, -0.05) is 19.9 Å². The lowest BCUT2D eigenvalue weighted by atomic mass is 10.1. The van der Waals surface area contributed by atoms with E-state index in [2.05, 4.69) is 34.7 Å². The molecule has 0 aliphatic carbocycles. The van der Waals surface area contributed by atoms with Gasteiger partial charge in [-0.25, -0.2) is 0 Å². The van der Waals surface area contributed by atoms with Crippen LogP contribution in [0.2, 0.25) is 0 Å². The third-order valence-electron chi connectivity index (χ3n) is 4.83. The molecule has 0 radical (unpaired) electrons. The molecule has 0 aromatic carbocycles. The lowest BCUT2D eigenvalue weighted by molar-refractivity contribution is -0.146. The van der Waals surface area contributed by atoms with Crippen LogP contribution >= 0.6 is 35.3 Å². The highest BCUT2D eigenvalue weighted by Gasteiger charge is 2.33. The van der Waals surface area contributed by atoms with Crippen molar-refractivity contribution in [3.05, 3.63) is 22.4 Å². The first-order valence-electron chi connectivity index (χ1n) is 9.68. The van der Waals surface area contributed by atoms with Crippen molar-refractivity contribution in [1.82, 2.24) is 15.1 Å². The highest BCUT2D eigenvalue weighted by Crippen LogP contribution is 2.23. The maximum Gasteiger partial charge on any atom is 0.401 e. The van der Waals surface area contributed by atoms with Crippen molar-refractivity contribution >= 4 is 41.3 Å². The van der Waals surface area contributed by atoms with Gasteiger partial charge in [-0.05, 0) is 37.3 Å². The predicted molar refractivity (Wildman–Crippen MR) is 122 cm³/mol. The van der Waals surface area contributed by atoms with Crippen molar-refractivity contribution in [2.24, 2.45) is 10.9 Å². The molecule has 1 aromatic heterocycles. The van der Waals surface area contributed by atoms with Gasteiger partial charge in [-0.2, -0.15) is 13.2 Å². The van der Waals surface area contributed by atoms with Crippen LogP contribution in [0.15, 0.2) is 22.5 Å². The minimum atomic E-state index is -4.14. The maximum atomic E-state index is 12.7. The molecule has 4 nitrogen and oxygen atoms in total. The van der Waals surface area contributed by atoms with E-state index in [0.717, 1.165) is 32.0 Å². The van der Waals surface area contributed by atoms with E-state index in [4.69, 9.17) is 4.99 Å². The molecule has 1 aliphatic heterocycles. The summed E-state index contributed by atoms with van der Waals surface area (Å²) in [5.41, 5.74) is 0. The molecule has 1 fully saturated rings. The number of aliphatic imine (C=N–C) groups is 1. The molecular weight excluding hydrogens is 500 g/mol. The van der Waals surface area contributed by atoms with Crippen molar-refractivity contribution in [3.63, 3.8) is 0 Å². The van der Waals surface area contributed by atoms with Gasteiger partial charge in [0.1, 0.15) is 0 Å². The summed E-state index contributed by atoms with van der Waals surface area (Å²) in [5.74, 6) is 1.48. The molecule has 1 N–H and O–H groups in total. The summed E-state index contributed by atoms with van der Waals surface area (Å²) in [4.78, 5) is 9.80. The monoisotopic (exact) mass is 532 g/mol. The Labute approximate surface area is 187 Å². The van der Waals surface area contributed by atoms with E-state index in [9.17, 15) is 13.2 Å². The fourth-order valence-corrected chi connectivity index (χ4v) is 4.19. The van der Waals surface area contributed by atoms with E-state index < -0.39 is 12.7 Å². The number of thiophene rings is 1. The molecule has 2 unspecified atom stereocenters. The van der Waals surface area contributed by atoms with E-state index in [1.165, 1.54) is 9.78 Å². The summed E-state index contributed by atoms with van der Waals surface area (Å²) < 4.78 is 38.1. The zero-order chi connectivity index (χ0) is 19.9. The first-order chi connectivity index (χ1) is 12.8. The fourth-order valence-electron chi connectivity index (χ4n) is 3.41. The molecule has 1 saturated heterocycles. The molecular formula is C19H32F3IN4S. The van der Waals surface area contributed by atoms with E-state index in [1.54, 1.807) is 18.3 Å². The number of nitrogens with one attached hydrogen (secondary N) is 1. The van der Waals surface area contributed by atoms with Gasteiger partial charge in [0.05, 0.1) is 13.1 Å². The number of nitrogens with zero attached hydrogens (tertiary/aromatic N) is 3. The normalized spacial score (nSPS) is 19.0. The molecule has 2 rings (SSSR count). The number of guanidine groups is 1. The summed E-state index contributed by atoms with van der Waals surface area (Å²) in [6.45, 7) is 9.15. The Bertz CT molecular complexity index is 580. The molecule has 0 saturated carbocycles. The van der Waals surface area contributed by atoms with Crippen LogP contribution in [0.3, 0.4) is 0 Å². The third kappa shape index (κ3) is 8.44. The molecule has 0 amide bonds. The predicted octanol–water partition coefficient (Wildman–Crippen LogP) is 4.64. The van der Waals surface area contributed by atoms with Crippen molar-refractivity contribution in [1.29, 1.82) is 0 Å². The standard InChI is InChI=1S/C19H31F3N4S.HI/c1-4-23-18(24-11-15(3)17-7-6-10-27-17)26-9-8-16(13-26)12-25(5-2)14-19(20,21)22;/h6-7,10,15-16H,4-5,8-9,11-14H2,1-3H3,(H,23,24);1H. The Hall–Kier alpha value is -0.550. The molecule has 162 valence electrons. The smallest absolute Gasteiger partial charge is 0.357 e. The van der Waals surface area contributed by atoms with Crippen LogP contribution < -0.4 is 5.32 Å². The molecule has 2 atom stereocenters. The summed E-state index contributed by atoms with van der Waals surface area (Å²) in [6.07, 6.45) is -3.23. The lowest BCUT2D eigenvalue weighted by Gasteiger charge is -2.26. The fraction of sp³-hybridized carbons (Fsp3) is 0.737. The molecule has 0 bridgehead atoms. The minimum absolute atomic E-state index is 0. The van der Waals surface area contributed by atoms with Crippen LogP contribution in [-0.4, -0.2) is 67.7 Å². The molecule has 0 spiro atoms. The van der Waals surface area contributed by atoms with Gasteiger partial charge in [-0.15, -0.1) is 35.3 Å². The number of likely N-dealkylation sites (tertiary alicyclic amines) is 1. The largest absolute Gasteiger partial charge is 0.401 e. The maximum absolute atomic E-state index is 12.7. The second-order valence-corrected chi connectivity index (χ2v) is 8.13. The van der Waals surface area contributed by atoms with Gasteiger partial charge in [0, 0.05) is 37.0 Å². The topological polar surface area (TPSA) is 30.9 Å². The second-order valence-electron chi connectivity index (χ2n) is 7.15. The quantitative estimate of drug-likeness (QED) is 0.301. The van der Waals surface area contributed by atoms with Crippen molar-refractivity contribution < 1.29 is 13.2 Å². The van der Waals surface area contributed by atoms with E-state index in [1.807, 2.05) is 6.92 Å². The van der Waals surface area contributed by atoms with Gasteiger partial charge in [0.2, 0.25) is 0 Å². The highest BCUT2D eigenvalue weighted by molar-refractivity contribution is 14.0. The SMILES string of the molecule is CCNC(=NCC(C)c1cccs1)N1CCC(CN(CC)CC(F)(F)F)C1.I. The number of rotatable bonds is 8. The third-order valence-corrected chi connectivity index (χ3v) is 5.93. The summed E-state index contributed by atoms with van der Waals surface area (Å²) in [5, 5.41) is 5.41. The zero-order valence-electron chi connectivity index (χ0n) is 16.8. The van der Waals surface area contributed by atoms with Crippen LogP contribution in [0.4, 0.5) is 13.2 Å². The molecule has 1 aromatic rings. The molecule has 2 heterocycles. The van der Waals surface area contributed by atoms with Crippen molar-refractivity contribution in [3.8, 4) is 0 Å². The van der Waals surface area contributed by atoms with Crippen molar-refractivity contribution in [2.45, 2.75) is 39.3 Å². The molecule has 28 heavy (non-hydrogen) atoms. The minimum Gasteiger partial charge on any atom is -0.357 e. The number of alkyl halides is 3. The van der Waals surface area contributed by atoms with Gasteiger partial charge in [0.25, 0.3) is 0 Å². The summed E-state index contributed by atoms with van der Waals surface area (Å²) in [6, 6.07) is 4.18. The van der Waals surface area contributed by atoms with Crippen LogP contribution in [0.1, 0.15) is 38.0 Å². The Kier molecular flexibility index (Phi) is 11.1. The van der Waals surface area contributed by atoms with Crippen LogP contribution in [-0.2, 0) is 0 Å². The van der Waals surface area contributed by atoms with Crippen LogP contribution in [0.5, 0.6) is 0 Å². The average molecular weight is 532 g/mol. The van der Waals surface area contributed by atoms with Gasteiger partial charge in [0.15, 0.2) is 5.96 Å². The highest BCUT2D eigenvalue weighted by atomic mass is 127. The Balaban J connectivity index is 0.00000392. The summed E-state index contributed by atoms with van der Waals surface area (Å²) in [7, 11) is 0. The Morgan fingerprint density at radius 1 is 1.43 bits per heavy atom. The van der Waals surface area contributed by atoms with Crippen molar-refractivity contribution in [2.75, 3.05) is 45.8 Å². The van der Waals surface area contributed by atoms with E-state index >= 15 is 0 Å². The average Bonchev–Trinajstić information content (AvgIpc) is 3.28. The van der Waals surface area contributed by atoms with Gasteiger partial charge in [-0.3, -0.25) is 9.89 Å². The van der Waals surface area contributed by atoms with E-state index in [-0.39, 0.29) is 29.9 Å². The Morgan fingerprint density at radius 2 is 2.18 bits per heavy atom. The number of hydrogen-bond acceptors (Lipinski definition) is 3. The first-order valence-corrected chi connectivity index (χ1v) is 10.6. The number of hydrogen-bond donors (Lipinski definition) is 1. The zero-order valence-corrected chi connectivity index (χ0v) is 20.0. The molecule has 9 heteroatoms. The first kappa shape index (κ1) is 25.5. The van der Waals surface area contributed by atoms with E-state index in [0.29, 0.717) is 25.6 Å². The second kappa shape index (κ2) is 12.2. The lowest BCUT2D eigenvalue weighted by Crippen LogP contribution is -2.42. The summed E-state index contributed by atoms with van der Waals surface area (Å²) >= 11 is 1.74. The van der Waals surface area contributed by atoms with Gasteiger partial charge >= 0.3 is 6.18 Å².